The summed E-state index contributed by atoms with van der Waals surface area (Å²) in [5, 5.41) is 0. The van der Waals surface area contributed by atoms with Crippen molar-refractivity contribution < 1.29 is 0 Å². The molecule has 0 heterocycles. The molecule has 608 valence electrons. The molecule has 0 radical (unpaired) electrons. The van der Waals surface area contributed by atoms with Gasteiger partial charge in [0, 0.05) is 0 Å². The first-order valence-electron chi connectivity index (χ1n) is 48.5. The van der Waals surface area contributed by atoms with Gasteiger partial charge in [-0.15, -0.1) is 0 Å². The van der Waals surface area contributed by atoms with Crippen molar-refractivity contribution in [3.8, 4) is 0 Å². The third-order valence-electron chi connectivity index (χ3n) is 38.5. The SMILES string of the molecule is c1ccc(C23CC4(c5ccccc5)CC(c5ccccc5)(C2)CC(c2ccccc2)(C3)C4)cc1.c1ccc(C23CC4C5CC6CC4C(C2)C(C6)C5C3)cc1.c1ccc(C23CC4CC(C2)CC(c2ccccc2)(C4)C3)cc1.c1ccc(C23CC4CC(CC(C4)C2)C3)cc1.c1ccc(C23CC4CC(c5ccccc5)(C2)CC(c2ccccc2)(C4)C3)cc1. The van der Waals surface area contributed by atoms with Gasteiger partial charge in [-0.3, -0.25) is 0 Å². The Morgan fingerprint density at radius 1 is 0.117 bits per heavy atom. The Labute approximate surface area is 719 Å². The van der Waals surface area contributed by atoms with Crippen LogP contribution in [0.4, 0.5) is 0 Å². The van der Waals surface area contributed by atoms with Crippen molar-refractivity contribution in [2.24, 2.45) is 76.9 Å². The molecule has 0 amide bonds. The first-order valence-corrected chi connectivity index (χ1v) is 48.5. The molecule has 23 saturated carbocycles. The number of hydrogen-bond acceptors (Lipinski definition) is 0. The van der Waals surface area contributed by atoms with Crippen molar-refractivity contribution in [1.29, 1.82) is 0 Å². The van der Waals surface area contributed by atoms with E-state index in [0.717, 1.165) is 76.9 Å². The van der Waals surface area contributed by atoms with Crippen molar-refractivity contribution in [2.45, 2.75) is 252 Å². The van der Waals surface area contributed by atoms with E-state index in [2.05, 4.69) is 334 Å². The summed E-state index contributed by atoms with van der Waals surface area (Å²) in [6.45, 7) is 0. The molecule has 34 rings (SSSR count). The zero-order valence-corrected chi connectivity index (χ0v) is 71.5. The number of benzene rings is 11. The van der Waals surface area contributed by atoms with E-state index in [4.69, 9.17) is 0 Å². The van der Waals surface area contributed by atoms with E-state index in [-0.39, 0.29) is 21.7 Å². The molecule has 0 saturated heterocycles. The molecule has 24 bridgehead atoms. The van der Waals surface area contributed by atoms with Gasteiger partial charge in [0.05, 0.1) is 0 Å². The highest BCUT2D eigenvalue weighted by molar-refractivity contribution is 5.51. The van der Waals surface area contributed by atoms with Crippen molar-refractivity contribution in [2.75, 3.05) is 0 Å². The van der Waals surface area contributed by atoms with Gasteiger partial charge >= 0.3 is 0 Å². The second-order valence-electron chi connectivity index (χ2n) is 45.2. The molecule has 11 aromatic carbocycles. The summed E-state index contributed by atoms with van der Waals surface area (Å²) in [6.07, 6.45) is 42.8. The largest absolute Gasteiger partial charge is 0.0622 e. The Bertz CT molecular complexity index is 4850. The van der Waals surface area contributed by atoms with Gasteiger partial charge in [0.25, 0.3) is 0 Å². The lowest BCUT2D eigenvalue weighted by Gasteiger charge is -2.72. The van der Waals surface area contributed by atoms with Gasteiger partial charge in [-0.25, -0.2) is 0 Å². The van der Waals surface area contributed by atoms with Crippen molar-refractivity contribution in [3.63, 3.8) is 0 Å². The maximum Gasteiger partial charge on any atom is -0.00215 e. The maximum absolute atomic E-state index is 2.44. The minimum Gasteiger partial charge on any atom is -0.0622 e. The van der Waals surface area contributed by atoms with Gasteiger partial charge in [-0.2, -0.15) is 0 Å². The smallest absolute Gasteiger partial charge is 0.00215 e. The molecule has 0 atom stereocenters. The van der Waals surface area contributed by atoms with E-state index in [1.54, 1.807) is 119 Å². The first-order chi connectivity index (χ1) is 58.8. The second-order valence-corrected chi connectivity index (χ2v) is 45.2. The number of rotatable bonds is 11. The van der Waals surface area contributed by atoms with Gasteiger partial charge in [0.1, 0.15) is 0 Å². The topological polar surface area (TPSA) is 0 Å². The van der Waals surface area contributed by atoms with Crippen LogP contribution in [0.5, 0.6) is 0 Å². The third kappa shape index (κ3) is 12.4. The van der Waals surface area contributed by atoms with Crippen LogP contribution in [-0.4, -0.2) is 0 Å². The Balaban J connectivity index is 0.0000000870. The predicted molar refractivity (Wildman–Crippen MR) is 493 cm³/mol. The fourth-order valence-corrected chi connectivity index (χ4v) is 36.6. The average molecular weight is 1570 g/mol. The predicted octanol–water partition coefficient (Wildman–Crippen LogP) is 29.2. The van der Waals surface area contributed by atoms with Gasteiger partial charge in [0.2, 0.25) is 0 Å². The van der Waals surface area contributed by atoms with Gasteiger partial charge in [0.15, 0.2) is 0 Å². The van der Waals surface area contributed by atoms with Gasteiger partial charge < -0.3 is 0 Å². The normalized spacial score (nSPS) is 40.6. The highest BCUT2D eigenvalue weighted by Gasteiger charge is 2.71. The molecule has 11 aromatic rings. The fraction of sp³-hybridized carbons (Fsp3) is 0.450. The molecule has 23 aliphatic rings. The van der Waals surface area contributed by atoms with E-state index < -0.39 is 0 Å². The summed E-state index contributed by atoms with van der Waals surface area (Å²) in [6, 6.07) is 126. The fourth-order valence-electron chi connectivity index (χ4n) is 36.6. The highest BCUT2D eigenvalue weighted by Crippen LogP contribution is 2.78. The lowest BCUT2D eigenvalue weighted by molar-refractivity contribution is -0.212. The minimum absolute atomic E-state index is 0.192. The zero-order chi connectivity index (χ0) is 79.5. The van der Waals surface area contributed by atoms with Crippen LogP contribution < -0.4 is 0 Å². The van der Waals surface area contributed by atoms with Crippen LogP contribution >= 0.6 is 0 Å². The Morgan fingerprint density at radius 2 is 0.275 bits per heavy atom. The lowest BCUT2D eigenvalue weighted by atomic mass is 9.32. The van der Waals surface area contributed by atoms with Crippen LogP contribution in [0.1, 0.15) is 254 Å². The van der Waals surface area contributed by atoms with Crippen molar-refractivity contribution in [3.05, 3.63) is 395 Å². The molecule has 0 N–H and O–H groups in total. The zero-order valence-electron chi connectivity index (χ0n) is 71.5. The monoisotopic (exact) mass is 1570 g/mol. The lowest BCUT2D eigenvalue weighted by Crippen LogP contribution is -2.67. The second kappa shape index (κ2) is 28.8. The summed E-state index contributed by atoms with van der Waals surface area (Å²) in [5.74, 6) is 13.8. The first kappa shape index (κ1) is 75.2. The van der Waals surface area contributed by atoms with Gasteiger partial charge in [-0.1, -0.05) is 334 Å². The highest BCUT2D eigenvalue weighted by atomic mass is 14.8. The molecule has 120 heavy (non-hydrogen) atoms. The Hall–Kier alpha value is -8.58. The molecule has 0 aliphatic heterocycles. The third-order valence-corrected chi connectivity index (χ3v) is 38.5. The van der Waals surface area contributed by atoms with E-state index in [0.29, 0.717) is 37.9 Å². The standard InChI is InChI=1S/C34H32.C28H28.C22H24.C20H24.C16H20/c1-5-13-27(14-6-1)31-21-32(28-15-7-2-8-16-28)24-33(22-31,29-17-9-3-10-18-29)26-34(23-31,25-32)30-19-11-4-12-20-30;1-4-10-23(11-5-1)26-16-22-17-27(19-26,24-12-6-2-7-13-24)21-28(18-22,20-26)25-14-8-3-9-15-25;1-3-7-19(8-4-1)21-12-17-11-18(13-21)15-22(14-17,16-21)20-9-5-2-6-10-20;1-2-4-13(5-3-1)20-9-17-14-6-12-7-15(17)19(11-20)16(8-12)18(14)10-20;1-2-4-15(5-3-1)16-9-12-6-13(10-16)8-14(7-12)11-16/h1-20H,21-26H2;1-15,22H,16-21H2;1-10,17-18H,11-16H2;1-5,12,14-19H,6-11H2;1-5,12-14H,6-11H2. The summed E-state index contributed by atoms with van der Waals surface area (Å²) in [4.78, 5) is 0. The van der Waals surface area contributed by atoms with Crippen LogP contribution in [0, 0.1) is 76.9 Å². The van der Waals surface area contributed by atoms with Crippen LogP contribution in [0.25, 0.3) is 0 Å². The molecule has 0 nitrogen and oxygen atoms in total. The molecular formula is C120H128. The van der Waals surface area contributed by atoms with Crippen molar-refractivity contribution in [1.82, 2.24) is 0 Å². The summed E-state index contributed by atoms with van der Waals surface area (Å²) in [5.41, 5.74) is 21.4. The van der Waals surface area contributed by atoms with Crippen LogP contribution in [0.15, 0.2) is 334 Å². The minimum atomic E-state index is 0.192. The van der Waals surface area contributed by atoms with Crippen molar-refractivity contribution >= 4 is 0 Å². The molecule has 0 heteroatoms. The van der Waals surface area contributed by atoms with E-state index in [1.165, 1.54) is 135 Å². The molecule has 23 aliphatic carbocycles. The molecule has 0 spiro atoms. The molecule has 0 unspecified atom stereocenters. The number of hydrogen-bond donors (Lipinski definition) is 0. The summed E-state index contributed by atoms with van der Waals surface area (Å²) >= 11 is 0. The van der Waals surface area contributed by atoms with Gasteiger partial charge in [-0.05, 0) is 390 Å². The van der Waals surface area contributed by atoms with Crippen LogP contribution in [0.2, 0.25) is 0 Å². The van der Waals surface area contributed by atoms with Crippen LogP contribution in [0.3, 0.4) is 0 Å². The summed E-state index contributed by atoms with van der Waals surface area (Å²) < 4.78 is 0. The maximum atomic E-state index is 2.44. The Kier molecular flexibility index (Phi) is 18.0. The molecule has 23 fully saturated rings. The summed E-state index contributed by atoms with van der Waals surface area (Å²) in [7, 11) is 0. The quantitative estimate of drug-likeness (QED) is 0.121. The molecule has 0 aromatic heterocycles. The van der Waals surface area contributed by atoms with E-state index >= 15 is 0 Å². The van der Waals surface area contributed by atoms with E-state index in [1.807, 2.05) is 0 Å². The molecular weight excluding hydrogens is 1440 g/mol. The Morgan fingerprint density at radius 3 is 0.508 bits per heavy atom. The average Bonchev–Trinajstić information content (AvgIpc) is 0.623. The van der Waals surface area contributed by atoms with E-state index in [9.17, 15) is 0 Å². The van der Waals surface area contributed by atoms with Crippen LogP contribution in [-0.2, 0) is 59.6 Å².